The van der Waals surface area contributed by atoms with Crippen LogP contribution in [-0.4, -0.2) is 54.1 Å². The van der Waals surface area contributed by atoms with Gasteiger partial charge < -0.3 is 9.80 Å². The van der Waals surface area contributed by atoms with E-state index in [-0.39, 0.29) is 5.82 Å². The van der Waals surface area contributed by atoms with Crippen molar-refractivity contribution in [2.75, 3.05) is 49.1 Å². The van der Waals surface area contributed by atoms with Gasteiger partial charge in [-0.2, -0.15) is 4.98 Å². The van der Waals surface area contributed by atoms with E-state index in [9.17, 15) is 8.78 Å². The smallest absolute Gasteiger partial charge is 0.227 e. The summed E-state index contributed by atoms with van der Waals surface area (Å²) < 4.78 is 27.2. The van der Waals surface area contributed by atoms with Gasteiger partial charge in [-0.25, -0.2) is 13.8 Å². The van der Waals surface area contributed by atoms with Crippen molar-refractivity contribution in [1.82, 2.24) is 14.9 Å². The van der Waals surface area contributed by atoms with E-state index in [0.717, 1.165) is 57.1 Å². The summed E-state index contributed by atoms with van der Waals surface area (Å²) in [7, 11) is 0. The van der Waals surface area contributed by atoms with Crippen molar-refractivity contribution in [1.29, 1.82) is 0 Å². The third-order valence-electron chi connectivity index (χ3n) is 5.12. The minimum absolute atomic E-state index is 0.347. The first kappa shape index (κ1) is 17.1. The third-order valence-corrected chi connectivity index (χ3v) is 5.12. The molecule has 4 rings (SSSR count). The van der Waals surface area contributed by atoms with Gasteiger partial charge >= 0.3 is 0 Å². The Bertz CT molecular complexity index is 755. The first-order chi connectivity index (χ1) is 12.7. The van der Waals surface area contributed by atoms with Gasteiger partial charge in [0.1, 0.15) is 17.5 Å². The van der Waals surface area contributed by atoms with Crippen LogP contribution in [0.15, 0.2) is 30.5 Å². The number of hydrogen-bond donors (Lipinski definition) is 0. The molecule has 2 aromatic rings. The fraction of sp³-hybridized carbons (Fsp3) is 0.474. The molecule has 5 nitrogen and oxygen atoms in total. The highest BCUT2D eigenvalue weighted by Crippen LogP contribution is 2.21. The molecule has 2 aliphatic heterocycles. The topological polar surface area (TPSA) is 35.5 Å². The van der Waals surface area contributed by atoms with Crippen LogP contribution in [0.3, 0.4) is 0 Å². The maximum atomic E-state index is 13.8. The molecule has 0 unspecified atom stereocenters. The maximum absolute atomic E-state index is 13.8. The molecule has 0 N–H and O–H groups in total. The summed E-state index contributed by atoms with van der Waals surface area (Å²) in [6.45, 7) is 5.69. The second kappa shape index (κ2) is 7.53. The Labute approximate surface area is 152 Å². The van der Waals surface area contributed by atoms with E-state index in [0.29, 0.717) is 12.1 Å². The lowest BCUT2D eigenvalue weighted by Crippen LogP contribution is -2.46. The van der Waals surface area contributed by atoms with Crippen LogP contribution in [0.5, 0.6) is 0 Å². The SMILES string of the molecule is Fc1ccc(F)c(CN2CCN(c3ccnc(N4CCCC4)n3)CC2)c1. The molecule has 0 saturated carbocycles. The Morgan fingerprint density at radius 3 is 2.42 bits per heavy atom. The van der Waals surface area contributed by atoms with Gasteiger partial charge in [-0.05, 0) is 37.1 Å². The van der Waals surface area contributed by atoms with Crippen molar-refractivity contribution < 1.29 is 8.78 Å². The largest absolute Gasteiger partial charge is 0.354 e. The van der Waals surface area contributed by atoms with Crippen molar-refractivity contribution in [3.63, 3.8) is 0 Å². The summed E-state index contributed by atoms with van der Waals surface area (Å²) in [4.78, 5) is 15.7. The molecular weight excluding hydrogens is 336 g/mol. The number of hydrogen-bond acceptors (Lipinski definition) is 5. The summed E-state index contributed by atoms with van der Waals surface area (Å²) >= 11 is 0. The zero-order chi connectivity index (χ0) is 17.9. The van der Waals surface area contributed by atoms with E-state index >= 15 is 0 Å². The zero-order valence-electron chi connectivity index (χ0n) is 14.7. The number of aromatic nitrogens is 2. The highest BCUT2D eigenvalue weighted by atomic mass is 19.1. The van der Waals surface area contributed by atoms with E-state index in [1.165, 1.54) is 25.0 Å². The lowest BCUT2D eigenvalue weighted by molar-refractivity contribution is 0.245. The minimum Gasteiger partial charge on any atom is -0.354 e. The predicted molar refractivity (Wildman–Crippen MR) is 97.3 cm³/mol. The lowest BCUT2D eigenvalue weighted by atomic mass is 10.1. The molecule has 0 bridgehead atoms. The second-order valence-corrected chi connectivity index (χ2v) is 6.91. The number of anilines is 2. The van der Waals surface area contributed by atoms with Gasteiger partial charge in [0.2, 0.25) is 5.95 Å². The van der Waals surface area contributed by atoms with E-state index in [1.807, 2.05) is 12.3 Å². The Balaban J connectivity index is 1.37. The quantitative estimate of drug-likeness (QED) is 0.839. The second-order valence-electron chi connectivity index (χ2n) is 6.91. The Morgan fingerprint density at radius 2 is 1.65 bits per heavy atom. The minimum atomic E-state index is -0.393. The number of piperazine rings is 1. The Morgan fingerprint density at radius 1 is 0.885 bits per heavy atom. The summed E-state index contributed by atoms with van der Waals surface area (Å²) in [5, 5.41) is 0. The Kier molecular flexibility index (Phi) is 4.97. The van der Waals surface area contributed by atoms with Crippen LogP contribution in [-0.2, 0) is 6.54 Å². The van der Waals surface area contributed by atoms with E-state index < -0.39 is 5.82 Å². The van der Waals surface area contributed by atoms with Gasteiger partial charge in [-0.3, -0.25) is 4.90 Å². The van der Waals surface area contributed by atoms with Crippen LogP contribution in [0.1, 0.15) is 18.4 Å². The van der Waals surface area contributed by atoms with Gasteiger partial charge in [0, 0.05) is 57.6 Å². The van der Waals surface area contributed by atoms with Gasteiger partial charge in [0.15, 0.2) is 0 Å². The molecule has 0 amide bonds. The standard InChI is InChI=1S/C19H23F2N5/c20-16-3-4-17(21)15(13-16)14-24-9-11-25(12-10-24)18-5-6-22-19(23-18)26-7-1-2-8-26/h3-6,13H,1-2,7-12,14H2. The summed E-state index contributed by atoms with van der Waals surface area (Å²) in [5.41, 5.74) is 0.414. The number of nitrogens with zero attached hydrogens (tertiary/aromatic N) is 5. The fourth-order valence-corrected chi connectivity index (χ4v) is 3.63. The monoisotopic (exact) mass is 359 g/mol. The molecule has 26 heavy (non-hydrogen) atoms. The van der Waals surface area contributed by atoms with Crippen LogP contribution in [0.4, 0.5) is 20.5 Å². The normalized spacial score (nSPS) is 18.5. The third kappa shape index (κ3) is 3.77. The zero-order valence-corrected chi connectivity index (χ0v) is 14.7. The van der Waals surface area contributed by atoms with Gasteiger partial charge in [0.05, 0.1) is 0 Å². The van der Waals surface area contributed by atoms with Crippen molar-refractivity contribution in [2.24, 2.45) is 0 Å². The molecule has 2 aliphatic rings. The molecular formula is C19H23F2N5. The molecule has 0 spiro atoms. The van der Waals surface area contributed by atoms with Gasteiger partial charge in [-0.15, -0.1) is 0 Å². The molecule has 7 heteroatoms. The molecule has 1 aromatic carbocycles. The molecule has 1 aromatic heterocycles. The molecule has 138 valence electrons. The van der Waals surface area contributed by atoms with E-state index in [1.54, 1.807) is 0 Å². The average Bonchev–Trinajstić information content (AvgIpc) is 3.20. The molecule has 2 fully saturated rings. The van der Waals surface area contributed by atoms with Crippen molar-refractivity contribution >= 4 is 11.8 Å². The number of rotatable bonds is 4. The van der Waals surface area contributed by atoms with Crippen molar-refractivity contribution in [3.8, 4) is 0 Å². The summed E-state index contributed by atoms with van der Waals surface area (Å²) in [6, 6.07) is 5.58. The first-order valence-electron chi connectivity index (χ1n) is 9.18. The van der Waals surface area contributed by atoms with Crippen LogP contribution in [0, 0.1) is 11.6 Å². The number of benzene rings is 1. The van der Waals surface area contributed by atoms with Crippen LogP contribution >= 0.6 is 0 Å². The molecule has 0 radical (unpaired) electrons. The first-order valence-corrected chi connectivity index (χ1v) is 9.18. The summed E-state index contributed by atoms with van der Waals surface area (Å²) in [6.07, 6.45) is 4.22. The van der Waals surface area contributed by atoms with Crippen LogP contribution in [0.25, 0.3) is 0 Å². The van der Waals surface area contributed by atoms with Crippen LogP contribution < -0.4 is 9.80 Å². The van der Waals surface area contributed by atoms with Crippen LogP contribution in [0.2, 0.25) is 0 Å². The van der Waals surface area contributed by atoms with Gasteiger partial charge in [0.25, 0.3) is 0 Å². The molecule has 0 aliphatic carbocycles. The van der Waals surface area contributed by atoms with Gasteiger partial charge in [-0.1, -0.05) is 0 Å². The Hall–Kier alpha value is -2.28. The van der Waals surface area contributed by atoms with Crippen molar-refractivity contribution in [2.45, 2.75) is 19.4 Å². The fourth-order valence-electron chi connectivity index (χ4n) is 3.63. The maximum Gasteiger partial charge on any atom is 0.227 e. The highest BCUT2D eigenvalue weighted by molar-refractivity contribution is 5.44. The van der Waals surface area contributed by atoms with Crippen molar-refractivity contribution in [3.05, 3.63) is 47.7 Å². The molecule has 3 heterocycles. The van der Waals surface area contributed by atoms with E-state index in [4.69, 9.17) is 4.98 Å². The summed E-state index contributed by atoms with van der Waals surface area (Å²) in [5.74, 6) is 1.01. The molecule has 2 saturated heterocycles. The predicted octanol–water partition coefficient (Wildman–Crippen LogP) is 2.68. The lowest BCUT2D eigenvalue weighted by Gasteiger charge is -2.35. The van der Waals surface area contributed by atoms with E-state index in [2.05, 4.69) is 19.7 Å². The molecule has 0 atom stereocenters. The average molecular weight is 359 g/mol. The number of halogens is 2. The highest BCUT2D eigenvalue weighted by Gasteiger charge is 2.21.